The lowest BCUT2D eigenvalue weighted by atomic mass is 9.99. The average molecular weight is 293 g/mol. The van der Waals surface area contributed by atoms with E-state index in [0.717, 1.165) is 25.8 Å². The fraction of sp³-hybridized carbons (Fsp3) is 0.667. The molecule has 21 heavy (non-hydrogen) atoms. The van der Waals surface area contributed by atoms with Crippen LogP contribution in [0.4, 0.5) is 5.82 Å². The van der Waals surface area contributed by atoms with Crippen molar-refractivity contribution in [2.24, 2.45) is 0 Å². The van der Waals surface area contributed by atoms with Crippen LogP contribution in [0, 0.1) is 0 Å². The van der Waals surface area contributed by atoms with E-state index in [1.165, 1.54) is 13.2 Å². The number of piperidine rings is 1. The maximum Gasteiger partial charge on any atom is 0.307 e. The number of nitrogens with one attached hydrogen (secondary N) is 1. The molecule has 0 aromatic carbocycles. The molecule has 6 heteroatoms. The summed E-state index contributed by atoms with van der Waals surface area (Å²) in [5.74, 6) is 1.28. The Bertz CT molecular complexity index is 553. The lowest BCUT2D eigenvalue weighted by Crippen LogP contribution is -2.42. The highest BCUT2D eigenvalue weighted by Crippen LogP contribution is 2.25. The predicted octanol–water partition coefficient (Wildman–Crippen LogP) is 1.82. The number of aromatic amines is 1. The first kappa shape index (κ1) is 15.5. The Morgan fingerprint density at radius 2 is 2.29 bits per heavy atom. The zero-order valence-electron chi connectivity index (χ0n) is 12.9. The maximum atomic E-state index is 11.8. The molecule has 0 spiro atoms. The highest BCUT2D eigenvalue weighted by molar-refractivity contribution is 5.70. The van der Waals surface area contributed by atoms with Crippen molar-refractivity contribution < 1.29 is 9.53 Å². The van der Waals surface area contributed by atoms with Crippen LogP contribution >= 0.6 is 0 Å². The van der Waals surface area contributed by atoms with Gasteiger partial charge in [0.1, 0.15) is 11.6 Å². The molecular formula is C15H23N3O3. The van der Waals surface area contributed by atoms with Crippen molar-refractivity contribution in [1.29, 1.82) is 0 Å². The molecule has 1 aromatic rings. The summed E-state index contributed by atoms with van der Waals surface area (Å²) in [6.07, 6.45) is 3.38. The third-order valence-electron chi connectivity index (χ3n) is 3.84. The van der Waals surface area contributed by atoms with Crippen molar-refractivity contribution in [1.82, 2.24) is 9.97 Å². The van der Waals surface area contributed by atoms with Gasteiger partial charge >= 0.3 is 5.97 Å². The van der Waals surface area contributed by atoms with E-state index in [1.807, 2.05) is 13.8 Å². The lowest BCUT2D eigenvalue weighted by Gasteiger charge is -2.36. The smallest absolute Gasteiger partial charge is 0.307 e. The van der Waals surface area contributed by atoms with Gasteiger partial charge in [-0.2, -0.15) is 0 Å². The Morgan fingerprint density at radius 3 is 2.95 bits per heavy atom. The quantitative estimate of drug-likeness (QED) is 0.857. The van der Waals surface area contributed by atoms with Crippen LogP contribution < -0.4 is 10.5 Å². The molecule has 1 aromatic heterocycles. The molecule has 0 radical (unpaired) electrons. The van der Waals surface area contributed by atoms with Crippen LogP contribution in [0.1, 0.15) is 51.3 Å². The second-order valence-electron chi connectivity index (χ2n) is 5.77. The fourth-order valence-electron chi connectivity index (χ4n) is 2.67. The molecule has 0 saturated carbocycles. The predicted molar refractivity (Wildman–Crippen MR) is 80.6 cm³/mol. The molecule has 1 fully saturated rings. The molecule has 1 aliphatic heterocycles. The van der Waals surface area contributed by atoms with Gasteiger partial charge in [-0.05, 0) is 19.3 Å². The normalized spacial score (nSPS) is 18.9. The van der Waals surface area contributed by atoms with Crippen LogP contribution in [0.5, 0.6) is 0 Å². The summed E-state index contributed by atoms with van der Waals surface area (Å²) in [7, 11) is 1.40. The average Bonchev–Trinajstić information content (AvgIpc) is 2.47. The number of carbonyl (C=O) groups is 1. The van der Waals surface area contributed by atoms with Gasteiger partial charge in [0.2, 0.25) is 0 Å². The molecule has 0 amide bonds. The molecule has 2 rings (SSSR count). The van der Waals surface area contributed by atoms with Gasteiger partial charge in [-0.25, -0.2) is 4.98 Å². The van der Waals surface area contributed by atoms with Crippen molar-refractivity contribution >= 4 is 11.8 Å². The number of hydrogen-bond donors (Lipinski definition) is 1. The first-order valence-corrected chi connectivity index (χ1v) is 7.46. The number of H-pyrrole nitrogens is 1. The summed E-state index contributed by atoms with van der Waals surface area (Å²) in [5, 5.41) is 0. The summed E-state index contributed by atoms with van der Waals surface area (Å²) in [6, 6.07) is 1.57. The highest BCUT2D eigenvalue weighted by atomic mass is 16.5. The van der Waals surface area contributed by atoms with E-state index in [0.29, 0.717) is 18.1 Å². The van der Waals surface area contributed by atoms with Crippen molar-refractivity contribution in [2.75, 3.05) is 18.6 Å². The Kier molecular flexibility index (Phi) is 4.98. The topological polar surface area (TPSA) is 75.3 Å². The molecule has 1 atom stereocenters. The monoisotopic (exact) mass is 293 g/mol. The number of rotatable bonds is 4. The van der Waals surface area contributed by atoms with Gasteiger partial charge in [0, 0.05) is 24.6 Å². The first-order valence-electron chi connectivity index (χ1n) is 7.46. The Hall–Kier alpha value is -1.85. The van der Waals surface area contributed by atoms with Crippen molar-refractivity contribution in [3.63, 3.8) is 0 Å². The number of carbonyl (C=O) groups excluding carboxylic acids is 1. The molecule has 1 unspecified atom stereocenters. The Balaban J connectivity index is 2.28. The van der Waals surface area contributed by atoms with E-state index in [4.69, 9.17) is 4.74 Å². The number of methoxy groups -OCH3 is 1. The maximum absolute atomic E-state index is 11.8. The van der Waals surface area contributed by atoms with Crippen molar-refractivity contribution in [2.45, 2.75) is 51.5 Å². The zero-order valence-corrected chi connectivity index (χ0v) is 12.9. The van der Waals surface area contributed by atoms with Gasteiger partial charge < -0.3 is 14.6 Å². The van der Waals surface area contributed by atoms with E-state index >= 15 is 0 Å². The largest absolute Gasteiger partial charge is 0.469 e. The van der Waals surface area contributed by atoms with Gasteiger partial charge in [-0.1, -0.05) is 13.8 Å². The SMILES string of the molecule is COC(=O)CC1CCCCN1c1cc(=O)[nH]c(C(C)C)n1. The van der Waals surface area contributed by atoms with Crippen LogP contribution in [-0.2, 0) is 9.53 Å². The number of anilines is 1. The standard InChI is InChI=1S/C15H23N3O3/c1-10(2)15-16-12(9-13(19)17-15)18-7-5-4-6-11(18)8-14(20)21-3/h9-11H,4-8H2,1-3H3,(H,16,17,19). The fourth-order valence-corrected chi connectivity index (χ4v) is 2.67. The second kappa shape index (κ2) is 6.74. The van der Waals surface area contributed by atoms with Gasteiger partial charge in [0.15, 0.2) is 0 Å². The number of aromatic nitrogens is 2. The van der Waals surface area contributed by atoms with E-state index in [2.05, 4.69) is 14.9 Å². The second-order valence-corrected chi connectivity index (χ2v) is 5.77. The molecular weight excluding hydrogens is 270 g/mol. The molecule has 0 bridgehead atoms. The Labute approximate surface area is 124 Å². The summed E-state index contributed by atoms with van der Waals surface area (Å²) < 4.78 is 4.77. The number of nitrogens with zero attached hydrogens (tertiary/aromatic N) is 2. The van der Waals surface area contributed by atoms with E-state index in [9.17, 15) is 9.59 Å². The molecule has 1 aliphatic rings. The van der Waals surface area contributed by atoms with Gasteiger partial charge in [0.05, 0.1) is 13.5 Å². The molecule has 2 heterocycles. The summed E-state index contributed by atoms with van der Waals surface area (Å²) in [4.78, 5) is 32.8. The van der Waals surface area contributed by atoms with Gasteiger partial charge in [0.25, 0.3) is 5.56 Å². The van der Waals surface area contributed by atoms with Gasteiger partial charge in [-0.3, -0.25) is 9.59 Å². The minimum Gasteiger partial charge on any atom is -0.469 e. The summed E-state index contributed by atoms with van der Waals surface area (Å²) in [5.41, 5.74) is -0.147. The number of ether oxygens (including phenoxy) is 1. The van der Waals surface area contributed by atoms with Crippen molar-refractivity contribution in [3.8, 4) is 0 Å². The van der Waals surface area contributed by atoms with E-state index < -0.39 is 0 Å². The van der Waals surface area contributed by atoms with Crippen LogP contribution in [-0.4, -0.2) is 35.6 Å². The minimum atomic E-state index is -0.221. The molecule has 6 nitrogen and oxygen atoms in total. The first-order chi connectivity index (χ1) is 10.0. The van der Waals surface area contributed by atoms with Crippen LogP contribution in [0.2, 0.25) is 0 Å². The number of esters is 1. The molecule has 116 valence electrons. The third-order valence-corrected chi connectivity index (χ3v) is 3.84. The van der Waals surface area contributed by atoms with Crippen molar-refractivity contribution in [3.05, 3.63) is 22.2 Å². The summed E-state index contributed by atoms with van der Waals surface area (Å²) in [6.45, 7) is 4.80. The van der Waals surface area contributed by atoms with Gasteiger partial charge in [-0.15, -0.1) is 0 Å². The zero-order chi connectivity index (χ0) is 15.4. The molecule has 1 N–H and O–H groups in total. The van der Waals surface area contributed by atoms with Crippen LogP contribution in [0.25, 0.3) is 0 Å². The summed E-state index contributed by atoms with van der Waals surface area (Å²) >= 11 is 0. The van der Waals surface area contributed by atoms with Crippen LogP contribution in [0.3, 0.4) is 0 Å². The highest BCUT2D eigenvalue weighted by Gasteiger charge is 2.26. The molecule has 1 saturated heterocycles. The lowest BCUT2D eigenvalue weighted by molar-refractivity contribution is -0.141. The molecule has 0 aliphatic carbocycles. The number of hydrogen-bond acceptors (Lipinski definition) is 5. The van der Waals surface area contributed by atoms with Crippen LogP contribution in [0.15, 0.2) is 10.9 Å². The van der Waals surface area contributed by atoms with E-state index in [-0.39, 0.29) is 23.5 Å². The van der Waals surface area contributed by atoms with E-state index in [1.54, 1.807) is 0 Å². The minimum absolute atomic E-state index is 0.0560. The third kappa shape index (κ3) is 3.83. The Morgan fingerprint density at radius 1 is 1.52 bits per heavy atom.